The van der Waals surface area contributed by atoms with Gasteiger partial charge in [-0.05, 0) is 30.3 Å². The third-order valence-electron chi connectivity index (χ3n) is 3.62. The van der Waals surface area contributed by atoms with Crippen LogP contribution in [-0.4, -0.2) is 20.1 Å². The summed E-state index contributed by atoms with van der Waals surface area (Å²) >= 11 is 0. The zero-order valence-electron chi connectivity index (χ0n) is 12.8. The topological polar surface area (TPSA) is 59.8 Å². The molecule has 0 spiro atoms. The van der Waals surface area contributed by atoms with Gasteiger partial charge in [0.2, 0.25) is 0 Å². The second-order valence-electron chi connectivity index (χ2n) is 5.05. The third kappa shape index (κ3) is 2.81. The number of hydrogen-bond donors (Lipinski definition) is 0. The van der Waals surface area contributed by atoms with Crippen LogP contribution in [0.1, 0.15) is 10.4 Å². The second-order valence-corrected chi connectivity index (χ2v) is 5.05. The van der Waals surface area contributed by atoms with Crippen LogP contribution < -0.4 is 15.3 Å². The molecule has 5 heteroatoms. The van der Waals surface area contributed by atoms with Crippen LogP contribution in [0.15, 0.2) is 63.8 Å². The molecule has 0 radical (unpaired) electrons. The number of methoxy groups -OCH3 is 1. The van der Waals surface area contributed by atoms with E-state index in [0.717, 1.165) is 0 Å². The molecule has 0 N–H and O–H groups in total. The average molecular weight is 309 g/mol. The van der Waals surface area contributed by atoms with Gasteiger partial charge in [-0.1, -0.05) is 18.2 Å². The van der Waals surface area contributed by atoms with E-state index >= 15 is 0 Å². The number of rotatable bonds is 3. The number of nitrogens with zero attached hydrogens (tertiary/aromatic N) is 1. The molecule has 1 heterocycles. The van der Waals surface area contributed by atoms with Gasteiger partial charge >= 0.3 is 5.63 Å². The highest BCUT2D eigenvalue weighted by molar-refractivity contribution is 6.06. The van der Waals surface area contributed by atoms with Gasteiger partial charge in [0.15, 0.2) is 0 Å². The zero-order valence-corrected chi connectivity index (χ0v) is 12.8. The largest absolute Gasteiger partial charge is 0.497 e. The Morgan fingerprint density at radius 1 is 1.09 bits per heavy atom. The van der Waals surface area contributed by atoms with Gasteiger partial charge in [0, 0.05) is 24.2 Å². The Hall–Kier alpha value is -3.08. The smallest absolute Gasteiger partial charge is 0.349 e. The lowest BCUT2D eigenvalue weighted by Crippen LogP contribution is -2.30. The van der Waals surface area contributed by atoms with Crippen molar-refractivity contribution < 1.29 is 13.9 Å². The van der Waals surface area contributed by atoms with E-state index in [1.165, 1.54) is 12.0 Å². The molecule has 0 aliphatic rings. The van der Waals surface area contributed by atoms with Crippen molar-refractivity contribution in [2.75, 3.05) is 19.1 Å². The maximum atomic E-state index is 12.6. The van der Waals surface area contributed by atoms with Crippen molar-refractivity contribution in [3.8, 4) is 5.75 Å². The molecular weight excluding hydrogens is 294 g/mol. The predicted molar refractivity (Wildman–Crippen MR) is 88.2 cm³/mol. The first kappa shape index (κ1) is 14.8. The molecule has 116 valence electrons. The monoisotopic (exact) mass is 309 g/mol. The molecular formula is C18H15NO4. The Morgan fingerprint density at radius 3 is 2.52 bits per heavy atom. The van der Waals surface area contributed by atoms with Gasteiger partial charge in [0.25, 0.3) is 5.91 Å². The predicted octanol–water partition coefficient (Wildman–Crippen LogP) is 3.08. The molecule has 5 nitrogen and oxygen atoms in total. The third-order valence-corrected chi connectivity index (χ3v) is 3.62. The summed E-state index contributed by atoms with van der Waals surface area (Å²) in [6.45, 7) is 0. The van der Waals surface area contributed by atoms with Crippen LogP contribution in [-0.2, 0) is 0 Å². The molecule has 3 aromatic rings. The van der Waals surface area contributed by atoms with E-state index < -0.39 is 11.5 Å². The van der Waals surface area contributed by atoms with Crippen molar-refractivity contribution >= 4 is 22.6 Å². The van der Waals surface area contributed by atoms with Gasteiger partial charge < -0.3 is 14.1 Å². The van der Waals surface area contributed by atoms with Crippen molar-refractivity contribution in [3.63, 3.8) is 0 Å². The van der Waals surface area contributed by atoms with Gasteiger partial charge in [-0.2, -0.15) is 0 Å². The fraction of sp³-hybridized carbons (Fsp3) is 0.111. The summed E-state index contributed by atoms with van der Waals surface area (Å²) in [7, 11) is 3.15. The highest BCUT2D eigenvalue weighted by Crippen LogP contribution is 2.21. The van der Waals surface area contributed by atoms with Crippen LogP contribution in [0, 0.1) is 0 Å². The number of anilines is 1. The van der Waals surface area contributed by atoms with E-state index in [-0.39, 0.29) is 5.56 Å². The van der Waals surface area contributed by atoms with Gasteiger partial charge in [0.1, 0.15) is 16.9 Å². The Morgan fingerprint density at radius 2 is 1.83 bits per heavy atom. The van der Waals surface area contributed by atoms with Gasteiger partial charge in [-0.3, -0.25) is 4.79 Å². The van der Waals surface area contributed by atoms with Crippen molar-refractivity contribution in [2.45, 2.75) is 0 Å². The molecule has 23 heavy (non-hydrogen) atoms. The Bertz CT molecular complexity index is 915. The second kappa shape index (κ2) is 5.96. The van der Waals surface area contributed by atoms with Crippen molar-refractivity contribution in [1.29, 1.82) is 0 Å². The quantitative estimate of drug-likeness (QED) is 0.698. The van der Waals surface area contributed by atoms with Gasteiger partial charge in [-0.15, -0.1) is 0 Å². The standard InChI is InChI=1S/C18H15NO4/c1-19(13-6-4-3-5-7-13)17(20)15-10-12-8-9-14(22-2)11-16(12)23-18(15)21/h3-11H,1-2H3. The molecule has 3 rings (SSSR count). The first-order valence-electron chi connectivity index (χ1n) is 7.05. The summed E-state index contributed by atoms with van der Waals surface area (Å²) in [6.07, 6.45) is 0. The first-order chi connectivity index (χ1) is 11.1. The van der Waals surface area contributed by atoms with Gasteiger partial charge in [-0.25, -0.2) is 4.79 Å². The molecule has 0 saturated heterocycles. The number of para-hydroxylation sites is 1. The summed E-state index contributed by atoms with van der Waals surface area (Å²) in [6, 6.07) is 15.8. The van der Waals surface area contributed by atoms with E-state index in [1.54, 1.807) is 43.4 Å². The summed E-state index contributed by atoms with van der Waals surface area (Å²) in [5, 5.41) is 0.662. The lowest BCUT2D eigenvalue weighted by molar-refractivity contribution is 0.0989. The number of amides is 1. The van der Waals surface area contributed by atoms with Gasteiger partial charge in [0.05, 0.1) is 7.11 Å². The Balaban J connectivity index is 2.04. The van der Waals surface area contributed by atoms with Crippen molar-refractivity contribution in [1.82, 2.24) is 0 Å². The van der Waals surface area contributed by atoms with Crippen LogP contribution in [0.2, 0.25) is 0 Å². The van der Waals surface area contributed by atoms with E-state index in [0.29, 0.717) is 22.4 Å². The SMILES string of the molecule is COc1ccc2cc(C(=O)N(C)c3ccccc3)c(=O)oc2c1. The molecule has 2 aromatic carbocycles. The number of fused-ring (bicyclic) bond motifs is 1. The number of carbonyl (C=O) groups is 1. The van der Waals surface area contributed by atoms with E-state index in [9.17, 15) is 9.59 Å². The van der Waals surface area contributed by atoms with Crippen LogP contribution in [0.4, 0.5) is 5.69 Å². The van der Waals surface area contributed by atoms with Crippen LogP contribution in [0.5, 0.6) is 5.75 Å². The zero-order chi connectivity index (χ0) is 16.4. The number of carbonyl (C=O) groups excluding carboxylic acids is 1. The molecule has 0 atom stereocenters. The molecule has 0 bridgehead atoms. The molecule has 0 fully saturated rings. The maximum Gasteiger partial charge on any atom is 0.349 e. The molecule has 0 aliphatic heterocycles. The minimum Gasteiger partial charge on any atom is -0.497 e. The Labute approximate surface area is 132 Å². The minimum atomic E-state index is -0.668. The summed E-state index contributed by atoms with van der Waals surface area (Å²) in [5.41, 5.74) is 0.410. The minimum absolute atomic E-state index is 0.00554. The fourth-order valence-corrected chi connectivity index (χ4v) is 2.32. The summed E-state index contributed by atoms with van der Waals surface area (Å²) in [5.74, 6) is 0.170. The summed E-state index contributed by atoms with van der Waals surface area (Å²) in [4.78, 5) is 26.1. The molecule has 0 saturated carbocycles. The summed E-state index contributed by atoms with van der Waals surface area (Å²) < 4.78 is 10.4. The molecule has 1 amide bonds. The fourth-order valence-electron chi connectivity index (χ4n) is 2.32. The number of hydrogen-bond acceptors (Lipinski definition) is 4. The normalized spacial score (nSPS) is 10.5. The highest BCUT2D eigenvalue weighted by atomic mass is 16.5. The van der Waals surface area contributed by atoms with Crippen molar-refractivity contribution in [3.05, 3.63) is 70.6 Å². The Kier molecular flexibility index (Phi) is 3.85. The lowest BCUT2D eigenvalue weighted by atomic mass is 10.1. The van der Waals surface area contributed by atoms with E-state index in [1.807, 2.05) is 18.2 Å². The van der Waals surface area contributed by atoms with Crippen LogP contribution in [0.3, 0.4) is 0 Å². The van der Waals surface area contributed by atoms with Crippen molar-refractivity contribution in [2.24, 2.45) is 0 Å². The molecule has 0 aliphatic carbocycles. The average Bonchev–Trinajstić information content (AvgIpc) is 2.60. The van der Waals surface area contributed by atoms with E-state index in [2.05, 4.69) is 0 Å². The molecule has 0 unspecified atom stereocenters. The lowest BCUT2D eigenvalue weighted by Gasteiger charge is -2.16. The highest BCUT2D eigenvalue weighted by Gasteiger charge is 2.19. The maximum absolute atomic E-state index is 12.6. The van der Waals surface area contributed by atoms with Crippen LogP contribution in [0.25, 0.3) is 11.0 Å². The van der Waals surface area contributed by atoms with Crippen LogP contribution >= 0.6 is 0 Å². The number of ether oxygens (including phenoxy) is 1. The van der Waals surface area contributed by atoms with E-state index in [4.69, 9.17) is 9.15 Å². The first-order valence-corrected chi connectivity index (χ1v) is 7.05. The number of benzene rings is 2. The molecule has 1 aromatic heterocycles.